The van der Waals surface area contributed by atoms with Gasteiger partial charge in [0.2, 0.25) is 11.8 Å². The molecule has 0 radical (unpaired) electrons. The van der Waals surface area contributed by atoms with Crippen LogP contribution in [0.25, 0.3) is 11.5 Å². The Bertz CT molecular complexity index is 496. The first-order valence-corrected chi connectivity index (χ1v) is 6.98. The summed E-state index contributed by atoms with van der Waals surface area (Å²) in [7, 11) is 0. The average molecular weight is 281 g/mol. The Morgan fingerprint density at radius 2 is 1.95 bits per heavy atom. The zero-order valence-corrected chi connectivity index (χ0v) is 11.7. The van der Waals surface area contributed by atoms with Crippen LogP contribution in [0.4, 0.5) is 0 Å². The molecular formula is C14H17ClN2O2. The first-order valence-electron chi connectivity index (χ1n) is 6.45. The van der Waals surface area contributed by atoms with Gasteiger partial charge in [0.15, 0.2) is 0 Å². The molecule has 5 heteroatoms. The van der Waals surface area contributed by atoms with E-state index in [4.69, 9.17) is 20.8 Å². The maximum Gasteiger partial charge on any atom is 0.247 e. The minimum atomic E-state index is 0.228. The normalized spacial score (nSPS) is 10.6. The molecule has 0 aliphatic heterocycles. The van der Waals surface area contributed by atoms with Crippen LogP contribution in [0.1, 0.15) is 32.1 Å². The highest BCUT2D eigenvalue weighted by Crippen LogP contribution is 2.21. The molecule has 0 fully saturated rings. The van der Waals surface area contributed by atoms with Gasteiger partial charge >= 0.3 is 0 Å². The number of rotatable bonds is 7. The van der Waals surface area contributed by atoms with E-state index < -0.39 is 0 Å². The quantitative estimate of drug-likeness (QED) is 0.567. The van der Waals surface area contributed by atoms with Crippen molar-refractivity contribution < 1.29 is 9.15 Å². The standard InChI is InChI=1S/C14H17ClN2O2/c1-2-3-4-9-18-12-7-5-11(6-8-12)14-17-16-13(10-15)19-14/h5-8H,2-4,9-10H2,1H3. The Kier molecular flexibility index (Phi) is 5.21. The summed E-state index contributed by atoms with van der Waals surface area (Å²) < 4.78 is 11.0. The molecule has 4 nitrogen and oxygen atoms in total. The van der Waals surface area contributed by atoms with E-state index in [0.29, 0.717) is 11.8 Å². The number of alkyl halides is 1. The van der Waals surface area contributed by atoms with Crippen LogP contribution >= 0.6 is 11.6 Å². The molecule has 102 valence electrons. The molecule has 0 saturated carbocycles. The van der Waals surface area contributed by atoms with Crippen molar-refractivity contribution in [1.82, 2.24) is 10.2 Å². The third kappa shape index (κ3) is 3.96. The average Bonchev–Trinajstić information content (AvgIpc) is 2.93. The smallest absolute Gasteiger partial charge is 0.247 e. The Morgan fingerprint density at radius 1 is 1.16 bits per heavy atom. The molecule has 0 unspecified atom stereocenters. The third-order valence-corrected chi connectivity index (χ3v) is 2.93. The molecule has 2 aromatic rings. The maximum absolute atomic E-state index is 5.64. The molecule has 0 aliphatic carbocycles. The van der Waals surface area contributed by atoms with E-state index in [0.717, 1.165) is 24.3 Å². The largest absolute Gasteiger partial charge is 0.494 e. The van der Waals surface area contributed by atoms with E-state index in [2.05, 4.69) is 17.1 Å². The van der Waals surface area contributed by atoms with Crippen LogP contribution in [-0.2, 0) is 5.88 Å². The number of benzene rings is 1. The highest BCUT2D eigenvalue weighted by atomic mass is 35.5. The van der Waals surface area contributed by atoms with E-state index in [1.54, 1.807) is 0 Å². The molecule has 0 saturated heterocycles. The van der Waals surface area contributed by atoms with Crippen molar-refractivity contribution in [2.75, 3.05) is 6.61 Å². The Balaban J connectivity index is 1.94. The first-order chi connectivity index (χ1) is 9.33. The van der Waals surface area contributed by atoms with Crippen molar-refractivity contribution in [2.24, 2.45) is 0 Å². The van der Waals surface area contributed by atoms with Gasteiger partial charge in [0, 0.05) is 5.56 Å². The number of halogens is 1. The van der Waals surface area contributed by atoms with Gasteiger partial charge in [-0.1, -0.05) is 19.8 Å². The monoisotopic (exact) mass is 280 g/mol. The van der Waals surface area contributed by atoms with Crippen LogP contribution in [0.3, 0.4) is 0 Å². The minimum absolute atomic E-state index is 0.228. The molecule has 0 N–H and O–H groups in total. The van der Waals surface area contributed by atoms with Gasteiger partial charge in [0.1, 0.15) is 11.6 Å². The third-order valence-electron chi connectivity index (χ3n) is 2.70. The van der Waals surface area contributed by atoms with Gasteiger partial charge < -0.3 is 9.15 Å². The Morgan fingerprint density at radius 3 is 2.58 bits per heavy atom. The molecule has 0 amide bonds. The summed E-state index contributed by atoms with van der Waals surface area (Å²) >= 11 is 5.62. The molecule has 0 atom stereocenters. The summed E-state index contributed by atoms with van der Waals surface area (Å²) in [6.07, 6.45) is 3.48. The lowest BCUT2D eigenvalue weighted by atomic mass is 10.2. The fourth-order valence-corrected chi connectivity index (χ4v) is 1.77. The van der Waals surface area contributed by atoms with Crippen LogP contribution in [0, 0.1) is 0 Å². The molecule has 1 aromatic carbocycles. The van der Waals surface area contributed by atoms with Gasteiger partial charge in [-0.05, 0) is 30.7 Å². The van der Waals surface area contributed by atoms with Gasteiger partial charge in [-0.2, -0.15) is 0 Å². The van der Waals surface area contributed by atoms with Crippen molar-refractivity contribution in [2.45, 2.75) is 32.1 Å². The second-order valence-electron chi connectivity index (χ2n) is 4.21. The SMILES string of the molecule is CCCCCOc1ccc(-c2nnc(CCl)o2)cc1. The highest BCUT2D eigenvalue weighted by molar-refractivity contribution is 6.16. The molecule has 0 aliphatic rings. The molecule has 2 rings (SSSR count). The summed E-state index contributed by atoms with van der Waals surface area (Å²) in [5.74, 6) is 1.99. The molecular weight excluding hydrogens is 264 g/mol. The topological polar surface area (TPSA) is 48.2 Å². The van der Waals surface area contributed by atoms with Gasteiger partial charge in [-0.15, -0.1) is 21.8 Å². The fraction of sp³-hybridized carbons (Fsp3) is 0.429. The predicted octanol–water partition coefficient (Wildman–Crippen LogP) is 4.04. The second-order valence-corrected chi connectivity index (χ2v) is 4.48. The Labute approximate surface area is 117 Å². The second kappa shape index (κ2) is 7.14. The zero-order chi connectivity index (χ0) is 13.5. The van der Waals surface area contributed by atoms with E-state index in [1.165, 1.54) is 12.8 Å². The number of ether oxygens (including phenoxy) is 1. The summed E-state index contributed by atoms with van der Waals surface area (Å²) in [6, 6.07) is 7.62. The van der Waals surface area contributed by atoms with Crippen molar-refractivity contribution >= 4 is 11.6 Å². The van der Waals surface area contributed by atoms with E-state index >= 15 is 0 Å². The van der Waals surface area contributed by atoms with Gasteiger partial charge in [-0.3, -0.25) is 0 Å². The molecule has 0 bridgehead atoms. The summed E-state index contributed by atoms with van der Waals surface area (Å²) in [5.41, 5.74) is 0.866. The number of hydrogen-bond donors (Lipinski definition) is 0. The lowest BCUT2D eigenvalue weighted by Crippen LogP contribution is -1.96. The zero-order valence-electron chi connectivity index (χ0n) is 10.9. The van der Waals surface area contributed by atoms with E-state index in [9.17, 15) is 0 Å². The van der Waals surface area contributed by atoms with Crippen molar-refractivity contribution in [3.8, 4) is 17.2 Å². The van der Waals surface area contributed by atoms with E-state index in [1.807, 2.05) is 24.3 Å². The fourth-order valence-electron chi connectivity index (χ4n) is 1.66. The lowest BCUT2D eigenvalue weighted by Gasteiger charge is -2.05. The first kappa shape index (κ1) is 13.9. The van der Waals surface area contributed by atoms with Crippen LogP contribution in [0.15, 0.2) is 28.7 Å². The van der Waals surface area contributed by atoms with Gasteiger partial charge in [0.05, 0.1) is 6.61 Å². The highest BCUT2D eigenvalue weighted by Gasteiger charge is 2.07. The van der Waals surface area contributed by atoms with Crippen LogP contribution in [0.5, 0.6) is 5.75 Å². The molecule has 1 aromatic heterocycles. The summed E-state index contributed by atoms with van der Waals surface area (Å²) in [4.78, 5) is 0. The van der Waals surface area contributed by atoms with Crippen molar-refractivity contribution in [1.29, 1.82) is 0 Å². The van der Waals surface area contributed by atoms with Crippen LogP contribution in [0.2, 0.25) is 0 Å². The summed E-state index contributed by atoms with van der Waals surface area (Å²) in [6.45, 7) is 2.93. The number of unbranched alkanes of at least 4 members (excludes halogenated alkanes) is 2. The lowest BCUT2D eigenvalue weighted by molar-refractivity contribution is 0.306. The van der Waals surface area contributed by atoms with Gasteiger partial charge in [-0.25, -0.2) is 0 Å². The number of hydrogen-bond acceptors (Lipinski definition) is 4. The molecule has 0 spiro atoms. The van der Waals surface area contributed by atoms with Crippen molar-refractivity contribution in [3.63, 3.8) is 0 Å². The minimum Gasteiger partial charge on any atom is -0.494 e. The van der Waals surface area contributed by atoms with E-state index in [-0.39, 0.29) is 5.88 Å². The van der Waals surface area contributed by atoms with Gasteiger partial charge in [0.25, 0.3) is 0 Å². The number of aromatic nitrogens is 2. The van der Waals surface area contributed by atoms with Crippen molar-refractivity contribution in [3.05, 3.63) is 30.2 Å². The predicted molar refractivity (Wildman–Crippen MR) is 74.3 cm³/mol. The number of nitrogens with zero attached hydrogens (tertiary/aromatic N) is 2. The molecule has 1 heterocycles. The van der Waals surface area contributed by atoms with Crippen LogP contribution < -0.4 is 4.74 Å². The summed E-state index contributed by atoms with van der Waals surface area (Å²) in [5, 5.41) is 7.76. The maximum atomic E-state index is 5.64. The Hall–Kier alpha value is -1.55. The van der Waals surface area contributed by atoms with Crippen LogP contribution in [-0.4, -0.2) is 16.8 Å². The molecule has 19 heavy (non-hydrogen) atoms.